The van der Waals surface area contributed by atoms with Crippen molar-refractivity contribution in [2.24, 2.45) is 0 Å². The third-order valence-corrected chi connectivity index (χ3v) is 4.57. The maximum absolute atomic E-state index is 12.2. The van der Waals surface area contributed by atoms with E-state index in [1.807, 2.05) is 13.8 Å². The first kappa shape index (κ1) is 25.9. The van der Waals surface area contributed by atoms with Gasteiger partial charge in [0.25, 0.3) is 5.56 Å². The van der Waals surface area contributed by atoms with Gasteiger partial charge in [0.2, 0.25) is 0 Å². The fourth-order valence-electron chi connectivity index (χ4n) is 2.89. The van der Waals surface area contributed by atoms with Gasteiger partial charge in [-0.25, -0.2) is 9.78 Å². The molecule has 0 radical (unpaired) electrons. The first-order chi connectivity index (χ1) is 12.7. The van der Waals surface area contributed by atoms with Gasteiger partial charge in [-0.3, -0.25) is 9.78 Å². The van der Waals surface area contributed by atoms with Crippen LogP contribution in [0.1, 0.15) is 11.1 Å². The molecule has 2 aliphatic rings. The van der Waals surface area contributed by atoms with E-state index in [0.29, 0.717) is 11.0 Å². The Morgan fingerprint density at radius 2 is 1.69 bits per heavy atom. The summed E-state index contributed by atoms with van der Waals surface area (Å²) in [7, 11) is 0. The number of aryl methyl sites for hydroxylation is 2. The monoisotopic (exact) mass is 454 g/mol. The molecular formula is C17H23CaClN4O6. The molecular weight excluding hydrogens is 432 g/mol. The van der Waals surface area contributed by atoms with Gasteiger partial charge in [-0.2, -0.15) is 4.98 Å². The van der Waals surface area contributed by atoms with Crippen LogP contribution >= 0.6 is 12.4 Å². The first-order valence-corrected chi connectivity index (χ1v) is 8.29. The van der Waals surface area contributed by atoms with Crippen LogP contribution in [0.25, 0.3) is 22.6 Å². The van der Waals surface area contributed by atoms with Crippen LogP contribution in [-0.4, -0.2) is 103 Å². The van der Waals surface area contributed by atoms with Crippen LogP contribution in [0.2, 0.25) is 0 Å². The molecule has 1 aromatic rings. The number of aromatic nitrogens is 4. The molecule has 3 atom stereocenters. The number of aliphatic hydroxyl groups excluding tert-OH is 4. The van der Waals surface area contributed by atoms with E-state index in [4.69, 9.17) is 5.11 Å². The Bertz CT molecular complexity index is 1090. The van der Waals surface area contributed by atoms with E-state index in [-0.39, 0.29) is 68.2 Å². The minimum atomic E-state index is -1.64. The second-order valence-electron chi connectivity index (χ2n) is 6.50. The van der Waals surface area contributed by atoms with Crippen LogP contribution in [0.4, 0.5) is 0 Å². The molecule has 1 aromatic carbocycles. The van der Waals surface area contributed by atoms with E-state index in [9.17, 15) is 24.9 Å². The second-order valence-corrected chi connectivity index (χ2v) is 6.50. The Balaban J connectivity index is 0.00000210. The summed E-state index contributed by atoms with van der Waals surface area (Å²) < 4.78 is 1.40. The Morgan fingerprint density at radius 3 is 2.31 bits per heavy atom. The van der Waals surface area contributed by atoms with Crippen LogP contribution in [0, 0.1) is 13.8 Å². The van der Waals surface area contributed by atoms with Crippen LogP contribution < -0.4 is 11.2 Å². The van der Waals surface area contributed by atoms with E-state index >= 15 is 0 Å². The van der Waals surface area contributed by atoms with Crippen molar-refractivity contribution in [2.45, 2.75) is 38.7 Å². The molecule has 0 unspecified atom stereocenters. The number of aromatic amines is 1. The molecule has 0 fully saturated rings. The van der Waals surface area contributed by atoms with Gasteiger partial charge >= 0.3 is 43.4 Å². The van der Waals surface area contributed by atoms with E-state index in [2.05, 4.69) is 15.0 Å². The van der Waals surface area contributed by atoms with E-state index in [1.165, 1.54) is 4.57 Å². The van der Waals surface area contributed by atoms with E-state index < -0.39 is 36.2 Å². The summed E-state index contributed by atoms with van der Waals surface area (Å²) in [6.45, 7) is 2.73. The van der Waals surface area contributed by atoms with Crippen LogP contribution in [0.3, 0.4) is 0 Å². The zero-order valence-electron chi connectivity index (χ0n) is 15.2. The Kier molecular flexibility index (Phi) is 9.18. The van der Waals surface area contributed by atoms with Gasteiger partial charge in [0.05, 0.1) is 24.2 Å². The van der Waals surface area contributed by atoms with Crippen molar-refractivity contribution in [3.8, 4) is 11.5 Å². The summed E-state index contributed by atoms with van der Waals surface area (Å²) in [5, 5.41) is 38.8. The number of nitrogens with zero attached hydrogens (tertiary/aromatic N) is 3. The Hall–Kier alpha value is -1.11. The Morgan fingerprint density at radius 1 is 1.07 bits per heavy atom. The van der Waals surface area contributed by atoms with Gasteiger partial charge in [0.15, 0.2) is 11.5 Å². The molecule has 0 aromatic heterocycles. The summed E-state index contributed by atoms with van der Waals surface area (Å²) >= 11 is 0. The second kappa shape index (κ2) is 10.3. The van der Waals surface area contributed by atoms with Gasteiger partial charge in [-0.1, -0.05) is 0 Å². The molecule has 0 aliphatic carbocycles. The van der Waals surface area contributed by atoms with Gasteiger partial charge in [-0.15, -0.1) is 12.4 Å². The van der Waals surface area contributed by atoms with Crippen molar-refractivity contribution in [3.05, 3.63) is 44.1 Å². The predicted molar refractivity (Wildman–Crippen MR) is 111 cm³/mol. The van der Waals surface area contributed by atoms with Crippen LogP contribution in [0.5, 0.6) is 0 Å². The molecule has 5 N–H and O–H groups in total. The number of benzene rings is 1. The summed E-state index contributed by atoms with van der Waals surface area (Å²) in [4.78, 5) is 34.0. The number of nitrogens with one attached hydrogen (secondary N) is 1. The zero-order chi connectivity index (χ0) is 19.9. The normalized spacial score (nSPS) is 14.1. The molecule has 0 bridgehead atoms. The molecule has 156 valence electrons. The number of halogens is 1. The van der Waals surface area contributed by atoms with E-state index in [0.717, 1.165) is 11.1 Å². The third kappa shape index (κ3) is 5.15. The quantitative estimate of drug-likeness (QED) is 0.214. The average Bonchev–Trinajstić information content (AvgIpc) is 2.62. The van der Waals surface area contributed by atoms with E-state index in [1.54, 1.807) is 12.1 Å². The molecule has 0 saturated carbocycles. The number of rotatable bonds is 5. The average molecular weight is 455 g/mol. The van der Waals surface area contributed by atoms with Crippen molar-refractivity contribution in [2.75, 3.05) is 6.61 Å². The summed E-state index contributed by atoms with van der Waals surface area (Å²) in [6, 6.07) is 3.53. The topological polar surface area (TPSA) is 162 Å². The van der Waals surface area contributed by atoms with Gasteiger partial charge in [0, 0.05) is 0 Å². The summed E-state index contributed by atoms with van der Waals surface area (Å²) in [5.41, 5.74) is 1.11. The third-order valence-electron chi connectivity index (χ3n) is 4.57. The fourth-order valence-corrected chi connectivity index (χ4v) is 2.89. The molecule has 12 heteroatoms. The van der Waals surface area contributed by atoms with Gasteiger partial charge in [0.1, 0.15) is 18.3 Å². The maximum atomic E-state index is 12.2. The van der Waals surface area contributed by atoms with Crippen molar-refractivity contribution in [3.63, 3.8) is 0 Å². The van der Waals surface area contributed by atoms with Crippen molar-refractivity contribution in [1.82, 2.24) is 19.5 Å². The molecule has 29 heavy (non-hydrogen) atoms. The zero-order valence-corrected chi connectivity index (χ0v) is 16.0. The van der Waals surface area contributed by atoms with Gasteiger partial charge < -0.3 is 25.0 Å². The SMILES string of the molecule is Cc1cc2nc3c(=O)[nH]c(=O)nc-3n(C[C@H](O)[C@H](O)[C@H](O)CO)c2cc1C.Cl.[CaH2]. The summed E-state index contributed by atoms with van der Waals surface area (Å²) in [5.74, 6) is -0.0516. The minimum absolute atomic E-state index is 0. The molecule has 0 spiro atoms. The van der Waals surface area contributed by atoms with Crippen LogP contribution in [0.15, 0.2) is 21.7 Å². The van der Waals surface area contributed by atoms with Crippen molar-refractivity contribution < 1.29 is 20.4 Å². The predicted octanol–water partition coefficient (Wildman–Crippen LogP) is -2.22. The molecule has 0 saturated heterocycles. The number of H-pyrrole nitrogens is 1. The standard InChI is InChI=1S/C17H20N4O6.Ca.ClH.2H/c1-7-3-9-10(4-8(7)2)21(5-11(23)14(25)12(24)6-22)15-13(18-9)16(26)20-17(27)19-15;;;;/h3-4,11-12,14,22-25H,5-6H2,1-2H3,(H,20,26,27);;1H;;/t11-,12+,14-;;;;/m0..../s1. The fraction of sp³-hybridized carbons (Fsp3) is 0.412. The van der Waals surface area contributed by atoms with Gasteiger partial charge in [-0.05, 0) is 37.1 Å². The molecule has 0 amide bonds. The molecule has 10 nitrogen and oxygen atoms in total. The first-order valence-electron chi connectivity index (χ1n) is 8.29. The van der Waals surface area contributed by atoms with Crippen molar-refractivity contribution in [1.29, 1.82) is 0 Å². The number of fused-ring (bicyclic) bond motifs is 2. The number of hydrogen-bond donors (Lipinski definition) is 5. The molecule has 3 rings (SSSR count). The number of hydrogen-bond acceptors (Lipinski definition) is 8. The van der Waals surface area contributed by atoms with Crippen LogP contribution in [-0.2, 0) is 6.54 Å². The molecule has 2 aliphatic heterocycles. The molecule has 2 heterocycles. The summed E-state index contributed by atoms with van der Waals surface area (Å²) in [6.07, 6.45) is -4.68. The Labute approximate surface area is 201 Å². The number of aliphatic hydroxyl groups is 4. The van der Waals surface area contributed by atoms with Crippen molar-refractivity contribution >= 4 is 61.2 Å².